The van der Waals surface area contributed by atoms with Crippen molar-refractivity contribution in [1.29, 1.82) is 0 Å². The van der Waals surface area contributed by atoms with Crippen LogP contribution in [0.1, 0.15) is 16.1 Å². The van der Waals surface area contributed by atoms with Crippen LogP contribution in [0.3, 0.4) is 0 Å². The molecule has 3 aromatic rings. The van der Waals surface area contributed by atoms with Crippen LogP contribution in [0.25, 0.3) is 0 Å². The number of anilines is 3. The van der Waals surface area contributed by atoms with Crippen molar-refractivity contribution in [1.82, 2.24) is 20.1 Å². The fourth-order valence-corrected chi connectivity index (χ4v) is 3.07. The fourth-order valence-electron chi connectivity index (χ4n) is 3.07. The maximum atomic E-state index is 12.5. The van der Waals surface area contributed by atoms with Gasteiger partial charge in [0.05, 0.1) is 6.07 Å². The number of pyridine rings is 1. The van der Waals surface area contributed by atoms with Gasteiger partial charge in [-0.1, -0.05) is 6.07 Å². The van der Waals surface area contributed by atoms with Gasteiger partial charge in [-0.25, -0.2) is 4.98 Å². The quantitative estimate of drug-likeness (QED) is 0.498. The Kier molecular flexibility index (Phi) is 5.24. The van der Waals surface area contributed by atoms with E-state index in [1.165, 1.54) is 12.1 Å². The molecule has 1 aliphatic heterocycles. The third kappa shape index (κ3) is 4.19. The Bertz CT molecular complexity index is 1040. The van der Waals surface area contributed by atoms with Crippen LogP contribution in [0.2, 0.25) is 0 Å². The molecule has 0 radical (unpaired) electrons. The second-order valence-corrected chi connectivity index (χ2v) is 6.80. The van der Waals surface area contributed by atoms with Gasteiger partial charge in [-0.3, -0.25) is 14.9 Å². The SMILES string of the molecule is Cc1ccc(Nc2ccc(N3CCN(C(=O)c4ccc([N+](=O)[O-])o4)CC3)nn2)nc1. The number of piperazine rings is 1. The van der Waals surface area contributed by atoms with Crippen LogP contribution in [0.5, 0.6) is 0 Å². The molecule has 0 aliphatic carbocycles. The maximum Gasteiger partial charge on any atom is 0.433 e. The van der Waals surface area contributed by atoms with Crippen LogP contribution in [0.4, 0.5) is 23.3 Å². The fraction of sp³-hybridized carbons (Fsp3) is 0.263. The molecular weight excluding hydrogens is 390 g/mol. The minimum Gasteiger partial charge on any atom is -0.395 e. The summed E-state index contributed by atoms with van der Waals surface area (Å²) in [4.78, 5) is 30.4. The molecule has 3 aromatic heterocycles. The summed E-state index contributed by atoms with van der Waals surface area (Å²) in [6, 6.07) is 10.0. The predicted octanol–water partition coefficient (Wildman–Crippen LogP) is 2.39. The lowest BCUT2D eigenvalue weighted by atomic mass is 10.3. The largest absolute Gasteiger partial charge is 0.433 e. The van der Waals surface area contributed by atoms with Crippen LogP contribution in [0, 0.1) is 17.0 Å². The molecule has 154 valence electrons. The first-order chi connectivity index (χ1) is 14.5. The van der Waals surface area contributed by atoms with Crippen molar-refractivity contribution < 1.29 is 14.1 Å². The molecule has 1 saturated heterocycles. The standard InChI is InChI=1S/C19H19N7O4/c1-13-2-4-15(20-12-13)21-16-5-6-17(23-22-16)24-8-10-25(11-9-24)19(27)14-3-7-18(30-14)26(28)29/h2-7,12H,8-11H2,1H3,(H,20,21,22). The van der Waals surface area contributed by atoms with Crippen molar-refractivity contribution >= 4 is 29.2 Å². The van der Waals surface area contributed by atoms with Gasteiger partial charge in [-0.05, 0) is 36.8 Å². The third-order valence-corrected chi connectivity index (χ3v) is 4.69. The zero-order chi connectivity index (χ0) is 21.1. The van der Waals surface area contributed by atoms with E-state index in [2.05, 4.69) is 20.5 Å². The molecule has 0 atom stereocenters. The van der Waals surface area contributed by atoms with Gasteiger partial charge in [0.15, 0.2) is 17.4 Å². The van der Waals surface area contributed by atoms with Crippen LogP contribution in [0.15, 0.2) is 47.0 Å². The van der Waals surface area contributed by atoms with Gasteiger partial charge in [0.25, 0.3) is 5.91 Å². The van der Waals surface area contributed by atoms with Crippen molar-refractivity contribution in [3.05, 3.63) is 64.0 Å². The third-order valence-electron chi connectivity index (χ3n) is 4.69. The van der Waals surface area contributed by atoms with Gasteiger partial charge < -0.3 is 19.5 Å². The number of hydrogen-bond acceptors (Lipinski definition) is 9. The molecule has 0 spiro atoms. The molecule has 0 bridgehead atoms. The molecular formula is C19H19N7O4. The number of amides is 1. The molecule has 1 N–H and O–H groups in total. The first-order valence-electron chi connectivity index (χ1n) is 9.31. The lowest BCUT2D eigenvalue weighted by Crippen LogP contribution is -2.49. The van der Waals surface area contributed by atoms with Crippen LogP contribution in [-0.4, -0.2) is 57.1 Å². The minimum atomic E-state index is -0.666. The second kappa shape index (κ2) is 8.15. The van der Waals surface area contributed by atoms with Crippen LogP contribution < -0.4 is 10.2 Å². The minimum absolute atomic E-state index is 0.0323. The van der Waals surface area contributed by atoms with Gasteiger partial charge in [0.2, 0.25) is 0 Å². The summed E-state index contributed by atoms with van der Waals surface area (Å²) >= 11 is 0. The van der Waals surface area contributed by atoms with Crippen molar-refractivity contribution in [2.45, 2.75) is 6.92 Å². The number of nitro groups is 1. The first-order valence-corrected chi connectivity index (χ1v) is 9.31. The molecule has 11 nitrogen and oxygen atoms in total. The molecule has 1 amide bonds. The molecule has 0 aromatic carbocycles. The Morgan fingerprint density at radius 3 is 2.43 bits per heavy atom. The van der Waals surface area contributed by atoms with Gasteiger partial charge in [0.1, 0.15) is 10.7 Å². The molecule has 0 saturated carbocycles. The van der Waals surface area contributed by atoms with E-state index in [0.29, 0.717) is 43.6 Å². The smallest absolute Gasteiger partial charge is 0.395 e. The number of aromatic nitrogens is 3. The Balaban J connectivity index is 1.33. The molecule has 4 rings (SSSR count). The van der Waals surface area contributed by atoms with Crippen molar-refractivity contribution in [3.8, 4) is 0 Å². The zero-order valence-corrected chi connectivity index (χ0v) is 16.2. The number of nitrogens with one attached hydrogen (secondary N) is 1. The highest BCUT2D eigenvalue weighted by atomic mass is 16.6. The van der Waals surface area contributed by atoms with Crippen LogP contribution >= 0.6 is 0 Å². The number of rotatable bonds is 5. The Labute approximate surface area is 171 Å². The van der Waals surface area contributed by atoms with E-state index in [0.717, 1.165) is 5.56 Å². The summed E-state index contributed by atoms with van der Waals surface area (Å²) in [5.74, 6) is 1.14. The van der Waals surface area contributed by atoms with Gasteiger partial charge in [0, 0.05) is 32.4 Å². The number of nitrogens with zero attached hydrogens (tertiary/aromatic N) is 6. The Morgan fingerprint density at radius 2 is 1.83 bits per heavy atom. The topological polar surface area (TPSA) is 131 Å². The van der Waals surface area contributed by atoms with Crippen LogP contribution in [-0.2, 0) is 0 Å². The summed E-state index contributed by atoms with van der Waals surface area (Å²) in [6.07, 6.45) is 1.77. The maximum absolute atomic E-state index is 12.5. The normalized spacial score (nSPS) is 13.9. The molecule has 30 heavy (non-hydrogen) atoms. The van der Waals surface area contributed by atoms with E-state index in [9.17, 15) is 14.9 Å². The summed E-state index contributed by atoms with van der Waals surface area (Å²) in [5, 5.41) is 22.3. The summed E-state index contributed by atoms with van der Waals surface area (Å²) in [7, 11) is 0. The first kappa shape index (κ1) is 19.3. The van der Waals surface area contributed by atoms with Gasteiger partial charge in [-0.2, -0.15) is 0 Å². The van der Waals surface area contributed by atoms with Gasteiger partial charge >= 0.3 is 5.88 Å². The zero-order valence-electron chi connectivity index (χ0n) is 16.2. The van der Waals surface area contributed by atoms with E-state index in [1.54, 1.807) is 11.1 Å². The highest BCUT2D eigenvalue weighted by Crippen LogP contribution is 2.20. The predicted molar refractivity (Wildman–Crippen MR) is 108 cm³/mol. The average Bonchev–Trinajstić information content (AvgIpc) is 3.26. The monoisotopic (exact) mass is 409 g/mol. The molecule has 4 heterocycles. The average molecular weight is 409 g/mol. The lowest BCUT2D eigenvalue weighted by molar-refractivity contribution is -0.402. The number of carbonyl (C=O) groups is 1. The van der Waals surface area contributed by atoms with Crippen molar-refractivity contribution in [2.24, 2.45) is 0 Å². The molecule has 11 heteroatoms. The Morgan fingerprint density at radius 1 is 1.07 bits per heavy atom. The number of furan rings is 1. The number of hydrogen-bond donors (Lipinski definition) is 1. The molecule has 1 aliphatic rings. The van der Waals surface area contributed by atoms with E-state index in [-0.39, 0.29) is 11.7 Å². The molecule has 1 fully saturated rings. The number of aryl methyl sites for hydroxylation is 1. The van der Waals surface area contributed by atoms with E-state index < -0.39 is 10.8 Å². The van der Waals surface area contributed by atoms with E-state index >= 15 is 0 Å². The number of carbonyl (C=O) groups excluding carboxylic acids is 1. The summed E-state index contributed by atoms with van der Waals surface area (Å²) in [6.45, 7) is 3.99. The summed E-state index contributed by atoms with van der Waals surface area (Å²) < 4.78 is 5.00. The van der Waals surface area contributed by atoms with E-state index in [4.69, 9.17) is 4.42 Å². The lowest BCUT2D eigenvalue weighted by Gasteiger charge is -2.34. The highest BCUT2D eigenvalue weighted by Gasteiger charge is 2.26. The van der Waals surface area contributed by atoms with Crippen molar-refractivity contribution in [3.63, 3.8) is 0 Å². The van der Waals surface area contributed by atoms with Gasteiger partial charge in [-0.15, -0.1) is 10.2 Å². The molecule has 0 unspecified atom stereocenters. The highest BCUT2D eigenvalue weighted by molar-refractivity contribution is 5.92. The summed E-state index contributed by atoms with van der Waals surface area (Å²) in [5.41, 5.74) is 1.07. The Hall–Kier alpha value is -4.02. The van der Waals surface area contributed by atoms with Crippen molar-refractivity contribution in [2.75, 3.05) is 36.4 Å². The second-order valence-electron chi connectivity index (χ2n) is 6.80. The van der Waals surface area contributed by atoms with E-state index in [1.807, 2.05) is 36.1 Å².